The molecule has 0 radical (unpaired) electrons. The number of carbonyl (C=O) groups excluding carboxylic acids is 2. The van der Waals surface area contributed by atoms with E-state index in [0.717, 1.165) is 24.0 Å². The van der Waals surface area contributed by atoms with Gasteiger partial charge in [0.1, 0.15) is 6.04 Å². The zero-order valence-electron chi connectivity index (χ0n) is 17.3. The third kappa shape index (κ3) is 7.68. The van der Waals surface area contributed by atoms with Gasteiger partial charge < -0.3 is 21.7 Å². The predicted molar refractivity (Wildman–Crippen MR) is 118 cm³/mol. The Morgan fingerprint density at radius 2 is 1.62 bits per heavy atom. The second-order valence-electron chi connectivity index (χ2n) is 7.23. The minimum Gasteiger partial charge on any atom is -0.343 e. The highest BCUT2D eigenvalue weighted by Crippen LogP contribution is 2.11. The lowest BCUT2D eigenvalue weighted by Gasteiger charge is -2.22. The molecule has 2 aromatic rings. The molecule has 0 fully saturated rings. The van der Waals surface area contributed by atoms with Gasteiger partial charge in [-0.25, -0.2) is 0 Å². The lowest BCUT2D eigenvalue weighted by molar-refractivity contribution is -0.128. The Morgan fingerprint density at radius 1 is 0.931 bits per heavy atom. The van der Waals surface area contributed by atoms with E-state index < -0.39 is 12.1 Å². The van der Waals surface area contributed by atoms with Crippen LogP contribution < -0.4 is 21.7 Å². The number of hydrogen-bond acceptors (Lipinski definition) is 4. The summed E-state index contributed by atoms with van der Waals surface area (Å²) < 4.78 is 0. The molecule has 2 amide bonds. The van der Waals surface area contributed by atoms with E-state index in [0.29, 0.717) is 25.1 Å². The summed E-state index contributed by atoms with van der Waals surface area (Å²) >= 11 is 0. The standard InChI is InChI=1S/C23H32N4O2/c1-17-11-13-19(14-12-17)26-22(28)20(10-6-7-15-24)27-23(29)21(25-2)16-18-8-4-3-5-9-18/h3-5,8-9,11-14,20-21,25H,6-7,10,15-16,24H2,1-2H3,(H,26,28)(H,27,29)/t20-,21-/m0/s1. The van der Waals surface area contributed by atoms with Crippen molar-refractivity contribution in [3.05, 3.63) is 65.7 Å². The van der Waals surface area contributed by atoms with Crippen molar-refractivity contribution in [3.63, 3.8) is 0 Å². The van der Waals surface area contributed by atoms with Crippen LogP contribution in [0.2, 0.25) is 0 Å². The Morgan fingerprint density at radius 3 is 2.24 bits per heavy atom. The number of anilines is 1. The second-order valence-corrected chi connectivity index (χ2v) is 7.23. The van der Waals surface area contributed by atoms with Gasteiger partial charge in [-0.2, -0.15) is 0 Å². The molecule has 5 N–H and O–H groups in total. The normalized spacial score (nSPS) is 12.8. The van der Waals surface area contributed by atoms with Crippen LogP contribution in [0.3, 0.4) is 0 Å². The van der Waals surface area contributed by atoms with Gasteiger partial charge >= 0.3 is 0 Å². The molecule has 6 nitrogen and oxygen atoms in total. The van der Waals surface area contributed by atoms with Gasteiger partial charge in [-0.3, -0.25) is 9.59 Å². The maximum absolute atomic E-state index is 12.8. The van der Waals surface area contributed by atoms with Gasteiger partial charge in [0, 0.05) is 5.69 Å². The highest BCUT2D eigenvalue weighted by molar-refractivity contribution is 5.97. The number of nitrogens with two attached hydrogens (primary N) is 1. The summed E-state index contributed by atoms with van der Waals surface area (Å²) in [5.74, 6) is -0.401. The van der Waals surface area contributed by atoms with Crippen molar-refractivity contribution >= 4 is 17.5 Å². The highest BCUT2D eigenvalue weighted by atomic mass is 16.2. The van der Waals surface area contributed by atoms with Crippen molar-refractivity contribution in [2.75, 3.05) is 18.9 Å². The predicted octanol–water partition coefficient (Wildman–Crippen LogP) is 2.38. The molecule has 29 heavy (non-hydrogen) atoms. The quantitative estimate of drug-likeness (QED) is 0.439. The molecule has 0 aliphatic heterocycles. The zero-order valence-corrected chi connectivity index (χ0v) is 17.3. The summed E-state index contributed by atoms with van der Waals surface area (Å²) in [6.45, 7) is 2.56. The number of rotatable bonds is 11. The van der Waals surface area contributed by atoms with Crippen LogP contribution in [0.25, 0.3) is 0 Å². The Kier molecular flexibility index (Phi) is 9.34. The van der Waals surface area contributed by atoms with Gasteiger partial charge in [-0.05, 0) is 63.9 Å². The molecule has 0 bridgehead atoms. The number of unbranched alkanes of at least 4 members (excludes halogenated alkanes) is 1. The third-order valence-corrected chi connectivity index (χ3v) is 4.85. The van der Waals surface area contributed by atoms with Gasteiger partial charge in [0.25, 0.3) is 0 Å². The van der Waals surface area contributed by atoms with Crippen LogP contribution in [0.1, 0.15) is 30.4 Å². The first kappa shape index (κ1) is 22.6. The molecule has 0 aliphatic carbocycles. The Labute approximate surface area is 173 Å². The minimum absolute atomic E-state index is 0.187. The van der Waals surface area contributed by atoms with Crippen LogP contribution in [0.4, 0.5) is 5.69 Å². The molecule has 6 heteroatoms. The summed E-state index contributed by atoms with van der Waals surface area (Å²) in [6.07, 6.45) is 2.68. The molecule has 2 rings (SSSR count). The van der Waals surface area contributed by atoms with Crippen LogP contribution in [0.15, 0.2) is 54.6 Å². The number of hydrogen-bond donors (Lipinski definition) is 4. The van der Waals surface area contributed by atoms with Crippen LogP contribution in [-0.2, 0) is 16.0 Å². The van der Waals surface area contributed by atoms with Gasteiger partial charge in [-0.1, -0.05) is 48.0 Å². The topological polar surface area (TPSA) is 96.2 Å². The molecular weight excluding hydrogens is 364 g/mol. The van der Waals surface area contributed by atoms with Crippen molar-refractivity contribution in [1.82, 2.24) is 10.6 Å². The molecule has 2 aromatic carbocycles. The van der Waals surface area contributed by atoms with Crippen LogP contribution >= 0.6 is 0 Å². The average molecular weight is 397 g/mol. The fourth-order valence-corrected chi connectivity index (χ4v) is 3.08. The molecule has 156 valence electrons. The lowest BCUT2D eigenvalue weighted by Crippen LogP contribution is -2.51. The van der Waals surface area contributed by atoms with E-state index >= 15 is 0 Å². The first-order valence-corrected chi connectivity index (χ1v) is 10.1. The van der Waals surface area contributed by atoms with Crippen molar-refractivity contribution in [1.29, 1.82) is 0 Å². The number of amides is 2. The molecule has 0 aromatic heterocycles. The van der Waals surface area contributed by atoms with Crippen LogP contribution in [0.5, 0.6) is 0 Å². The third-order valence-electron chi connectivity index (χ3n) is 4.85. The lowest BCUT2D eigenvalue weighted by atomic mass is 10.0. The van der Waals surface area contributed by atoms with E-state index in [4.69, 9.17) is 5.73 Å². The molecule has 0 saturated heterocycles. The van der Waals surface area contributed by atoms with E-state index in [2.05, 4.69) is 16.0 Å². The van der Waals surface area contributed by atoms with Crippen molar-refractivity contribution in [2.24, 2.45) is 5.73 Å². The summed E-state index contributed by atoms with van der Waals surface area (Å²) in [6, 6.07) is 16.4. The van der Waals surface area contributed by atoms with E-state index in [1.54, 1.807) is 7.05 Å². The fraction of sp³-hybridized carbons (Fsp3) is 0.391. The van der Waals surface area contributed by atoms with E-state index in [1.807, 2.05) is 61.5 Å². The number of aryl methyl sites for hydroxylation is 1. The summed E-state index contributed by atoms with van der Waals surface area (Å²) in [5.41, 5.74) is 8.48. The van der Waals surface area contributed by atoms with E-state index in [-0.39, 0.29) is 11.8 Å². The summed E-state index contributed by atoms with van der Waals surface area (Å²) in [4.78, 5) is 25.7. The largest absolute Gasteiger partial charge is 0.343 e. The Bertz CT molecular complexity index is 762. The zero-order chi connectivity index (χ0) is 21.1. The van der Waals surface area contributed by atoms with Gasteiger partial charge in [0.05, 0.1) is 6.04 Å². The first-order chi connectivity index (χ1) is 14.0. The average Bonchev–Trinajstić information content (AvgIpc) is 2.73. The minimum atomic E-state index is -0.609. The SMILES string of the molecule is CN[C@@H](Cc1ccccc1)C(=O)N[C@@H](CCCCN)C(=O)Nc1ccc(C)cc1. The number of likely N-dealkylation sites (N-methyl/N-ethyl adjacent to an activating group) is 1. The molecule has 2 atom stereocenters. The molecule has 0 saturated carbocycles. The summed E-state index contributed by atoms with van der Waals surface area (Å²) in [5, 5.41) is 8.88. The van der Waals surface area contributed by atoms with E-state index in [9.17, 15) is 9.59 Å². The van der Waals surface area contributed by atoms with Crippen molar-refractivity contribution in [2.45, 2.75) is 44.7 Å². The van der Waals surface area contributed by atoms with Crippen LogP contribution in [0, 0.1) is 6.92 Å². The van der Waals surface area contributed by atoms with Crippen LogP contribution in [-0.4, -0.2) is 37.5 Å². The Balaban J connectivity index is 2.03. The smallest absolute Gasteiger partial charge is 0.246 e. The van der Waals surface area contributed by atoms with Crippen molar-refractivity contribution in [3.8, 4) is 0 Å². The molecule has 0 aliphatic rings. The van der Waals surface area contributed by atoms with Gasteiger partial charge in [0.2, 0.25) is 11.8 Å². The number of carbonyl (C=O) groups is 2. The summed E-state index contributed by atoms with van der Waals surface area (Å²) in [7, 11) is 1.75. The Hall–Kier alpha value is -2.70. The number of nitrogens with one attached hydrogen (secondary N) is 3. The van der Waals surface area contributed by atoms with Crippen molar-refractivity contribution < 1.29 is 9.59 Å². The fourth-order valence-electron chi connectivity index (χ4n) is 3.08. The maximum Gasteiger partial charge on any atom is 0.246 e. The van der Waals surface area contributed by atoms with Gasteiger partial charge in [-0.15, -0.1) is 0 Å². The van der Waals surface area contributed by atoms with Gasteiger partial charge in [0.15, 0.2) is 0 Å². The molecule has 0 heterocycles. The highest BCUT2D eigenvalue weighted by Gasteiger charge is 2.25. The number of benzene rings is 2. The maximum atomic E-state index is 12.8. The monoisotopic (exact) mass is 396 g/mol. The van der Waals surface area contributed by atoms with E-state index in [1.165, 1.54) is 0 Å². The second kappa shape index (κ2) is 12.0. The molecule has 0 unspecified atom stereocenters. The molecule has 0 spiro atoms. The first-order valence-electron chi connectivity index (χ1n) is 10.1. The molecular formula is C23H32N4O2.